The van der Waals surface area contributed by atoms with E-state index in [1.54, 1.807) is 0 Å². The Morgan fingerprint density at radius 3 is 1.67 bits per heavy atom. The van der Waals surface area contributed by atoms with Gasteiger partial charge >= 0.3 is 0 Å². The molecule has 1 aliphatic heterocycles. The molecule has 0 fully saturated rings. The zero-order chi connectivity index (χ0) is 14.3. The SMILES string of the molecule is C(=C(Cc1ccccc1)Cc1ccccc1)=S1C=CC=C1. The van der Waals surface area contributed by atoms with Crippen molar-refractivity contribution in [3.05, 3.63) is 100 Å². The van der Waals surface area contributed by atoms with Gasteiger partial charge in [-0.15, -0.1) is 0 Å². The van der Waals surface area contributed by atoms with E-state index < -0.39 is 0 Å². The maximum atomic E-state index is 3.68. The van der Waals surface area contributed by atoms with Crippen molar-refractivity contribution in [1.82, 2.24) is 0 Å². The highest BCUT2D eigenvalue weighted by atomic mass is 32.2. The zero-order valence-corrected chi connectivity index (χ0v) is 12.7. The Balaban J connectivity index is 1.90. The molecule has 2 aromatic rings. The van der Waals surface area contributed by atoms with Gasteiger partial charge in [-0.2, -0.15) is 0 Å². The lowest BCUT2D eigenvalue weighted by molar-refractivity contribution is 1.06. The van der Waals surface area contributed by atoms with Crippen LogP contribution in [0.25, 0.3) is 0 Å². The van der Waals surface area contributed by atoms with Gasteiger partial charge in [0.25, 0.3) is 0 Å². The average Bonchev–Trinajstić information content (AvgIpc) is 3.02. The van der Waals surface area contributed by atoms with Gasteiger partial charge in [0.05, 0.1) is 0 Å². The topological polar surface area (TPSA) is 0 Å². The van der Waals surface area contributed by atoms with E-state index in [1.165, 1.54) is 16.7 Å². The summed E-state index contributed by atoms with van der Waals surface area (Å²) in [6.45, 7) is 0. The highest BCUT2D eigenvalue weighted by molar-refractivity contribution is 8.19. The first-order chi connectivity index (χ1) is 10.4. The van der Waals surface area contributed by atoms with Crippen LogP contribution in [-0.4, -0.2) is 5.02 Å². The molecular weight excluding hydrogens is 272 g/mol. The Bertz CT molecular complexity index is 657. The van der Waals surface area contributed by atoms with Gasteiger partial charge in [-0.25, -0.2) is 0 Å². The van der Waals surface area contributed by atoms with Crippen LogP contribution in [0.1, 0.15) is 11.1 Å². The first-order valence-electron chi connectivity index (χ1n) is 7.16. The standard InChI is InChI=1S/C20H18S/c1-3-9-18(10-4-1)15-20(17-21-13-7-8-14-21)16-19-11-5-2-6-12-19/h1-14H,15-16H2. The first-order valence-corrected chi connectivity index (χ1v) is 8.51. The molecule has 1 heterocycles. The van der Waals surface area contributed by atoms with E-state index in [9.17, 15) is 0 Å². The predicted octanol–water partition coefficient (Wildman–Crippen LogP) is 5.11. The molecular formula is C20H18S. The monoisotopic (exact) mass is 290 g/mol. The van der Waals surface area contributed by atoms with E-state index in [1.807, 2.05) is 0 Å². The highest BCUT2D eigenvalue weighted by Gasteiger charge is 2.02. The molecule has 0 unspecified atom stereocenters. The highest BCUT2D eigenvalue weighted by Crippen LogP contribution is 2.22. The molecule has 0 spiro atoms. The van der Waals surface area contributed by atoms with Crippen LogP contribution in [0.2, 0.25) is 0 Å². The second-order valence-electron chi connectivity index (χ2n) is 5.06. The third-order valence-electron chi connectivity index (χ3n) is 3.34. The van der Waals surface area contributed by atoms with Crippen molar-refractivity contribution in [3.8, 4) is 0 Å². The predicted molar refractivity (Wildman–Crippen MR) is 94.7 cm³/mol. The fourth-order valence-corrected chi connectivity index (χ4v) is 3.58. The van der Waals surface area contributed by atoms with Gasteiger partial charge in [0.2, 0.25) is 0 Å². The molecule has 0 bridgehead atoms. The zero-order valence-electron chi connectivity index (χ0n) is 11.9. The molecule has 0 amide bonds. The van der Waals surface area contributed by atoms with Crippen LogP contribution >= 0.6 is 10.5 Å². The second-order valence-corrected chi connectivity index (χ2v) is 6.55. The Kier molecular flexibility index (Phi) is 4.68. The molecule has 0 saturated carbocycles. The Morgan fingerprint density at radius 2 is 1.19 bits per heavy atom. The number of hydrogen-bond donors (Lipinski definition) is 0. The lowest BCUT2D eigenvalue weighted by Gasteiger charge is -2.06. The molecule has 0 radical (unpaired) electrons. The van der Waals surface area contributed by atoms with Crippen LogP contribution < -0.4 is 0 Å². The Hall–Kier alpha value is -2.08. The lowest BCUT2D eigenvalue weighted by atomic mass is 10.00. The molecule has 1 heteroatoms. The average molecular weight is 290 g/mol. The van der Waals surface area contributed by atoms with Gasteiger partial charge in [-0.3, -0.25) is 0 Å². The summed E-state index contributed by atoms with van der Waals surface area (Å²) in [5.74, 6) is 0. The molecule has 21 heavy (non-hydrogen) atoms. The van der Waals surface area contributed by atoms with E-state index in [-0.39, 0.29) is 10.5 Å². The van der Waals surface area contributed by atoms with E-state index in [4.69, 9.17) is 0 Å². The van der Waals surface area contributed by atoms with Crippen LogP contribution in [0, 0.1) is 0 Å². The van der Waals surface area contributed by atoms with Gasteiger partial charge in [0.1, 0.15) is 0 Å². The van der Waals surface area contributed by atoms with Crippen molar-refractivity contribution < 1.29 is 0 Å². The maximum absolute atomic E-state index is 3.68. The van der Waals surface area contributed by atoms with Gasteiger partial charge in [0.15, 0.2) is 0 Å². The number of hydrogen-bond acceptors (Lipinski definition) is 0. The summed E-state index contributed by atoms with van der Waals surface area (Å²) >= 11 is 0. The summed E-state index contributed by atoms with van der Waals surface area (Å²) in [6.07, 6.45) is 6.17. The number of benzene rings is 2. The second kappa shape index (κ2) is 7.08. The fourth-order valence-electron chi connectivity index (χ4n) is 2.36. The van der Waals surface area contributed by atoms with Crippen molar-refractivity contribution >= 4 is 15.5 Å². The summed E-state index contributed by atoms with van der Waals surface area (Å²) in [6, 6.07) is 21.3. The summed E-state index contributed by atoms with van der Waals surface area (Å²) < 4.78 is 0. The van der Waals surface area contributed by atoms with Crippen molar-refractivity contribution in [3.63, 3.8) is 0 Å². The third-order valence-corrected chi connectivity index (χ3v) is 4.77. The third kappa shape index (κ3) is 4.19. The molecule has 0 aliphatic carbocycles. The normalized spacial score (nSPS) is 13.3. The van der Waals surface area contributed by atoms with E-state index >= 15 is 0 Å². The minimum Gasteiger partial charge on any atom is -0.0948 e. The van der Waals surface area contributed by atoms with Gasteiger partial charge in [-0.05, 0) is 27.5 Å². The summed E-state index contributed by atoms with van der Waals surface area (Å²) in [5.41, 5.74) is 4.07. The van der Waals surface area contributed by atoms with Crippen LogP contribution in [0.3, 0.4) is 0 Å². The lowest BCUT2D eigenvalue weighted by Crippen LogP contribution is -1.96. The molecule has 2 aromatic carbocycles. The molecule has 1 aliphatic rings. The summed E-state index contributed by atoms with van der Waals surface area (Å²) in [7, 11) is 0.0472. The summed E-state index contributed by atoms with van der Waals surface area (Å²) in [4.78, 5) is 0. The quantitative estimate of drug-likeness (QED) is 0.686. The largest absolute Gasteiger partial charge is 0.0948 e. The van der Waals surface area contributed by atoms with Gasteiger partial charge in [-0.1, -0.05) is 88.3 Å². The van der Waals surface area contributed by atoms with Crippen LogP contribution in [0.5, 0.6) is 0 Å². The smallest absolute Gasteiger partial charge is 0.00179 e. The fraction of sp³-hybridized carbons (Fsp3) is 0.100. The van der Waals surface area contributed by atoms with Crippen LogP contribution in [-0.2, 0) is 12.8 Å². The Morgan fingerprint density at radius 1 is 0.714 bits per heavy atom. The molecule has 0 nitrogen and oxygen atoms in total. The number of allylic oxidation sites excluding steroid dienone is 3. The molecule has 0 N–H and O–H groups in total. The van der Waals surface area contributed by atoms with E-state index in [0.29, 0.717) is 0 Å². The van der Waals surface area contributed by atoms with Crippen molar-refractivity contribution in [2.75, 3.05) is 0 Å². The Labute approximate surface area is 129 Å². The minimum atomic E-state index is 0.0472. The van der Waals surface area contributed by atoms with Crippen molar-refractivity contribution in [1.29, 1.82) is 0 Å². The van der Waals surface area contributed by atoms with E-state index in [0.717, 1.165) is 12.8 Å². The molecule has 0 aromatic heterocycles. The first kappa shape index (κ1) is 13.9. The molecule has 3 rings (SSSR count). The van der Waals surface area contributed by atoms with Crippen molar-refractivity contribution in [2.45, 2.75) is 12.8 Å². The van der Waals surface area contributed by atoms with Crippen LogP contribution in [0.15, 0.2) is 89.2 Å². The van der Waals surface area contributed by atoms with Crippen molar-refractivity contribution in [2.24, 2.45) is 0 Å². The maximum Gasteiger partial charge on any atom is 0.00179 e. The van der Waals surface area contributed by atoms with Gasteiger partial charge in [0, 0.05) is 12.8 Å². The molecule has 104 valence electrons. The molecule has 0 atom stereocenters. The summed E-state index contributed by atoms with van der Waals surface area (Å²) in [5, 5.41) is 8.12. The van der Waals surface area contributed by atoms with Crippen LogP contribution in [0.4, 0.5) is 0 Å². The minimum absolute atomic E-state index is 0.0472. The van der Waals surface area contributed by atoms with Gasteiger partial charge < -0.3 is 0 Å². The number of rotatable bonds is 4. The molecule has 0 saturated heterocycles. The van der Waals surface area contributed by atoms with E-state index in [2.05, 4.69) is 88.7 Å².